The van der Waals surface area contributed by atoms with Crippen molar-refractivity contribution >= 4 is 28.9 Å². The fourth-order valence-corrected chi connectivity index (χ4v) is 2.34. The summed E-state index contributed by atoms with van der Waals surface area (Å²) in [5.41, 5.74) is 3.15. The van der Waals surface area contributed by atoms with Crippen molar-refractivity contribution in [3.05, 3.63) is 57.6 Å². The number of hydrogen-bond acceptors (Lipinski definition) is 2. The van der Waals surface area contributed by atoms with Crippen LogP contribution in [0.3, 0.4) is 0 Å². The van der Waals surface area contributed by atoms with Gasteiger partial charge in [-0.05, 0) is 56.2 Å². The predicted molar refractivity (Wildman–Crippen MR) is 90.7 cm³/mol. The molecule has 0 saturated carbocycles. The minimum Gasteiger partial charge on any atom is -0.489 e. The third-order valence-electron chi connectivity index (χ3n) is 3.03. The molecule has 0 amide bonds. The predicted octanol–water partition coefficient (Wildman–Crippen LogP) is 5.70. The van der Waals surface area contributed by atoms with E-state index in [1.54, 1.807) is 0 Å². The summed E-state index contributed by atoms with van der Waals surface area (Å²) < 4.78 is 5.62. The first-order chi connectivity index (χ1) is 9.95. The van der Waals surface area contributed by atoms with Gasteiger partial charge in [0.15, 0.2) is 0 Å². The van der Waals surface area contributed by atoms with Crippen molar-refractivity contribution in [2.45, 2.75) is 33.4 Å². The quantitative estimate of drug-likeness (QED) is 0.761. The summed E-state index contributed by atoms with van der Waals surface area (Å²) in [5.74, 6) is 0.716. The molecule has 2 nitrogen and oxygen atoms in total. The Morgan fingerprint density at radius 2 is 1.81 bits per heavy atom. The molecule has 0 unspecified atom stereocenters. The maximum atomic E-state index is 6.23. The normalized spacial score (nSPS) is 10.8. The van der Waals surface area contributed by atoms with Crippen molar-refractivity contribution in [2.24, 2.45) is 0 Å². The molecular formula is C17H19Cl2NO. The minimum atomic E-state index is 0.112. The minimum absolute atomic E-state index is 0.112. The summed E-state index contributed by atoms with van der Waals surface area (Å²) in [5, 5.41) is 4.72. The Labute approximate surface area is 136 Å². The van der Waals surface area contributed by atoms with Crippen LogP contribution in [0, 0.1) is 6.92 Å². The van der Waals surface area contributed by atoms with Crippen LogP contribution in [0.2, 0.25) is 10.0 Å². The molecule has 2 aromatic rings. The van der Waals surface area contributed by atoms with Gasteiger partial charge in [0.05, 0.1) is 11.1 Å². The lowest BCUT2D eigenvalue weighted by atomic mass is 10.2. The van der Waals surface area contributed by atoms with Crippen LogP contribution >= 0.6 is 23.2 Å². The van der Waals surface area contributed by atoms with Crippen LogP contribution in [0.4, 0.5) is 5.69 Å². The molecule has 2 aromatic carbocycles. The Balaban J connectivity index is 2.03. The Morgan fingerprint density at radius 3 is 2.43 bits per heavy atom. The van der Waals surface area contributed by atoms with Gasteiger partial charge in [-0.2, -0.15) is 0 Å². The summed E-state index contributed by atoms with van der Waals surface area (Å²) >= 11 is 12.3. The Kier molecular flexibility index (Phi) is 5.38. The molecule has 4 heteroatoms. The molecule has 0 heterocycles. The van der Waals surface area contributed by atoms with Gasteiger partial charge < -0.3 is 10.1 Å². The zero-order chi connectivity index (χ0) is 15.4. The average molecular weight is 324 g/mol. The Morgan fingerprint density at radius 1 is 1.05 bits per heavy atom. The standard InChI is InChI=1S/C17H19Cl2NO/c1-11(2)21-17-7-5-13(8-16(17)19)10-20-14-6-4-12(3)15(18)9-14/h4-9,11,20H,10H2,1-3H3. The monoisotopic (exact) mass is 323 g/mol. The SMILES string of the molecule is Cc1ccc(NCc2ccc(OC(C)C)c(Cl)c2)cc1Cl. The van der Waals surface area contributed by atoms with Crippen molar-refractivity contribution in [3.8, 4) is 5.75 Å². The summed E-state index contributed by atoms with van der Waals surface area (Å²) in [4.78, 5) is 0. The summed E-state index contributed by atoms with van der Waals surface area (Å²) in [6, 6.07) is 11.8. The maximum absolute atomic E-state index is 6.23. The highest BCUT2D eigenvalue weighted by Gasteiger charge is 2.05. The molecule has 0 radical (unpaired) electrons. The van der Waals surface area contributed by atoms with E-state index >= 15 is 0 Å². The fourth-order valence-electron chi connectivity index (χ4n) is 1.91. The molecule has 0 bridgehead atoms. The number of rotatable bonds is 5. The maximum Gasteiger partial charge on any atom is 0.138 e. The van der Waals surface area contributed by atoms with Gasteiger partial charge >= 0.3 is 0 Å². The van der Waals surface area contributed by atoms with Crippen molar-refractivity contribution in [1.29, 1.82) is 0 Å². The lowest BCUT2D eigenvalue weighted by Crippen LogP contribution is -2.06. The highest BCUT2D eigenvalue weighted by molar-refractivity contribution is 6.32. The summed E-state index contributed by atoms with van der Waals surface area (Å²) in [6.07, 6.45) is 0.112. The van der Waals surface area contributed by atoms with E-state index in [1.807, 2.05) is 57.2 Å². The van der Waals surface area contributed by atoms with E-state index < -0.39 is 0 Å². The molecular weight excluding hydrogens is 305 g/mol. The van der Waals surface area contributed by atoms with Crippen LogP contribution in [0.15, 0.2) is 36.4 Å². The molecule has 0 aliphatic carbocycles. The first-order valence-electron chi connectivity index (χ1n) is 6.91. The average Bonchev–Trinajstić information content (AvgIpc) is 2.42. The second-order valence-corrected chi connectivity index (χ2v) is 6.06. The topological polar surface area (TPSA) is 21.3 Å². The molecule has 0 saturated heterocycles. The molecule has 0 fully saturated rings. The van der Waals surface area contributed by atoms with Gasteiger partial charge in [-0.15, -0.1) is 0 Å². The van der Waals surface area contributed by atoms with Gasteiger partial charge in [-0.25, -0.2) is 0 Å². The van der Waals surface area contributed by atoms with E-state index in [0.717, 1.165) is 21.8 Å². The number of hydrogen-bond donors (Lipinski definition) is 1. The van der Waals surface area contributed by atoms with Crippen LogP contribution in [0.5, 0.6) is 5.75 Å². The number of halogens is 2. The highest BCUT2D eigenvalue weighted by Crippen LogP contribution is 2.27. The van der Waals surface area contributed by atoms with Gasteiger partial charge in [0.25, 0.3) is 0 Å². The van der Waals surface area contributed by atoms with Crippen LogP contribution < -0.4 is 10.1 Å². The van der Waals surface area contributed by atoms with E-state index in [-0.39, 0.29) is 6.10 Å². The summed E-state index contributed by atoms with van der Waals surface area (Å²) in [7, 11) is 0. The van der Waals surface area contributed by atoms with Gasteiger partial charge in [0.1, 0.15) is 5.75 Å². The van der Waals surface area contributed by atoms with Crippen molar-refractivity contribution in [2.75, 3.05) is 5.32 Å². The van der Waals surface area contributed by atoms with Crippen LogP contribution in [0.1, 0.15) is 25.0 Å². The molecule has 0 spiro atoms. The third-order valence-corrected chi connectivity index (χ3v) is 3.73. The molecule has 112 valence electrons. The van der Waals surface area contributed by atoms with Crippen molar-refractivity contribution < 1.29 is 4.74 Å². The number of ether oxygens (including phenoxy) is 1. The Hall–Kier alpha value is -1.38. The van der Waals surface area contributed by atoms with Crippen LogP contribution in [-0.2, 0) is 6.54 Å². The van der Waals surface area contributed by atoms with Crippen LogP contribution in [-0.4, -0.2) is 6.10 Å². The van der Waals surface area contributed by atoms with Crippen molar-refractivity contribution in [3.63, 3.8) is 0 Å². The fraction of sp³-hybridized carbons (Fsp3) is 0.294. The first-order valence-corrected chi connectivity index (χ1v) is 7.66. The van der Waals surface area contributed by atoms with Crippen molar-refractivity contribution in [1.82, 2.24) is 0 Å². The summed E-state index contributed by atoms with van der Waals surface area (Å²) in [6.45, 7) is 6.63. The first kappa shape index (κ1) is 16.0. The molecule has 1 N–H and O–H groups in total. The number of nitrogens with one attached hydrogen (secondary N) is 1. The molecule has 0 aromatic heterocycles. The molecule has 0 aliphatic heterocycles. The Bertz CT molecular complexity index is 626. The smallest absolute Gasteiger partial charge is 0.138 e. The van der Waals surface area contributed by atoms with E-state index in [0.29, 0.717) is 17.3 Å². The number of anilines is 1. The molecule has 21 heavy (non-hydrogen) atoms. The second-order valence-electron chi connectivity index (χ2n) is 5.25. The number of aryl methyl sites for hydroxylation is 1. The van der Waals surface area contributed by atoms with E-state index in [4.69, 9.17) is 27.9 Å². The van der Waals surface area contributed by atoms with E-state index in [1.165, 1.54) is 0 Å². The van der Waals surface area contributed by atoms with Gasteiger partial charge in [0, 0.05) is 17.3 Å². The number of benzene rings is 2. The zero-order valence-electron chi connectivity index (χ0n) is 12.4. The molecule has 0 atom stereocenters. The van der Waals surface area contributed by atoms with Gasteiger partial charge in [-0.1, -0.05) is 35.3 Å². The largest absolute Gasteiger partial charge is 0.489 e. The van der Waals surface area contributed by atoms with Crippen LogP contribution in [0.25, 0.3) is 0 Å². The van der Waals surface area contributed by atoms with E-state index in [9.17, 15) is 0 Å². The van der Waals surface area contributed by atoms with Gasteiger partial charge in [-0.3, -0.25) is 0 Å². The molecule has 2 rings (SSSR count). The van der Waals surface area contributed by atoms with Gasteiger partial charge in [0.2, 0.25) is 0 Å². The third kappa shape index (κ3) is 4.55. The highest BCUT2D eigenvalue weighted by atomic mass is 35.5. The lowest BCUT2D eigenvalue weighted by molar-refractivity contribution is 0.242. The van der Waals surface area contributed by atoms with E-state index in [2.05, 4.69) is 5.32 Å². The lowest BCUT2D eigenvalue weighted by Gasteiger charge is -2.13. The molecule has 0 aliphatic rings. The zero-order valence-corrected chi connectivity index (χ0v) is 13.9. The second kappa shape index (κ2) is 7.06.